The number of rotatable bonds is 7. The Morgan fingerprint density at radius 3 is 2.52 bits per heavy atom. The van der Waals surface area contributed by atoms with Crippen molar-refractivity contribution in [2.45, 2.75) is 18.4 Å². The lowest BCUT2D eigenvalue weighted by molar-refractivity contribution is -0.135. The number of aliphatic carboxylic acids is 1. The van der Waals surface area contributed by atoms with Crippen molar-refractivity contribution in [3.63, 3.8) is 0 Å². The zero-order valence-corrected chi connectivity index (χ0v) is 15.1. The van der Waals surface area contributed by atoms with Crippen molar-refractivity contribution in [2.24, 2.45) is 0 Å². The molecule has 0 fully saturated rings. The smallest absolute Gasteiger partial charge is 0.323 e. The first-order valence-corrected chi connectivity index (χ1v) is 8.53. The number of hydrogen-bond acceptors (Lipinski definition) is 3. The maximum atomic E-state index is 13.8. The number of benzene rings is 2. The van der Waals surface area contributed by atoms with Gasteiger partial charge in [-0.2, -0.15) is 0 Å². The Labute approximate surface area is 153 Å². The van der Waals surface area contributed by atoms with E-state index in [2.05, 4.69) is 15.9 Å². The van der Waals surface area contributed by atoms with Crippen LogP contribution in [0.5, 0.6) is 5.75 Å². The van der Waals surface area contributed by atoms with E-state index >= 15 is 0 Å². The van der Waals surface area contributed by atoms with Crippen LogP contribution in [0.25, 0.3) is 0 Å². The zero-order chi connectivity index (χ0) is 18.4. The summed E-state index contributed by atoms with van der Waals surface area (Å²) in [6.07, 6.45) is 0.627. The summed E-state index contributed by atoms with van der Waals surface area (Å²) in [5.74, 6) is -2.15. The number of carbonyl (C=O) groups excluding carboxylic acids is 1. The summed E-state index contributed by atoms with van der Waals surface area (Å²) in [4.78, 5) is 25.0. The lowest BCUT2D eigenvalue weighted by Gasteiger charge is -2.24. The van der Waals surface area contributed by atoms with Crippen molar-refractivity contribution in [1.29, 1.82) is 0 Å². The molecule has 1 N–H and O–H groups in total. The van der Waals surface area contributed by atoms with Gasteiger partial charge in [0.15, 0.2) is 5.01 Å². The molecule has 132 valence electrons. The van der Waals surface area contributed by atoms with Crippen LogP contribution in [0.1, 0.15) is 23.7 Å². The van der Waals surface area contributed by atoms with E-state index in [0.717, 1.165) is 11.0 Å². The van der Waals surface area contributed by atoms with E-state index in [0.29, 0.717) is 12.0 Å². The molecule has 25 heavy (non-hydrogen) atoms. The molecule has 2 aromatic carbocycles. The molecule has 0 bridgehead atoms. The lowest BCUT2D eigenvalue weighted by Crippen LogP contribution is -2.36. The number of halogens is 2. The minimum Gasteiger partial charge on any atom is -0.480 e. The highest BCUT2D eigenvalue weighted by molar-refractivity contribution is 9.09. The van der Waals surface area contributed by atoms with Crippen LogP contribution in [0, 0.1) is 5.82 Å². The van der Waals surface area contributed by atoms with Gasteiger partial charge in [0, 0.05) is 11.6 Å². The highest BCUT2D eigenvalue weighted by atomic mass is 79.9. The number of carbonyl (C=O) groups is 2. The van der Waals surface area contributed by atoms with Crippen LogP contribution in [0.15, 0.2) is 48.5 Å². The molecular formula is C18H17BrFNO4. The molecule has 0 radical (unpaired) electrons. The van der Waals surface area contributed by atoms with Gasteiger partial charge in [-0.05, 0) is 46.6 Å². The summed E-state index contributed by atoms with van der Waals surface area (Å²) in [6.45, 7) is 1.26. The highest BCUT2D eigenvalue weighted by Gasteiger charge is 2.24. The van der Waals surface area contributed by atoms with Crippen LogP contribution >= 0.6 is 15.9 Å². The van der Waals surface area contributed by atoms with E-state index in [1.165, 1.54) is 12.1 Å². The molecule has 0 heterocycles. The van der Waals surface area contributed by atoms with Gasteiger partial charge in [0.1, 0.15) is 18.1 Å². The van der Waals surface area contributed by atoms with Crippen molar-refractivity contribution in [2.75, 3.05) is 11.4 Å². The number of anilines is 1. The predicted molar refractivity (Wildman–Crippen MR) is 95.8 cm³/mol. The number of alkyl halides is 1. The van der Waals surface area contributed by atoms with Crippen LogP contribution in [-0.4, -0.2) is 28.5 Å². The molecule has 0 saturated carbocycles. The quantitative estimate of drug-likeness (QED) is 0.699. The number of ether oxygens (including phenoxy) is 1. The molecule has 1 atom stereocenters. The van der Waals surface area contributed by atoms with Crippen LogP contribution in [-0.2, 0) is 4.79 Å². The first-order valence-electron chi connectivity index (χ1n) is 7.61. The van der Waals surface area contributed by atoms with Crippen molar-refractivity contribution in [1.82, 2.24) is 0 Å². The van der Waals surface area contributed by atoms with Gasteiger partial charge >= 0.3 is 5.97 Å². The summed E-state index contributed by atoms with van der Waals surface area (Å²) >= 11 is 3.31. The van der Waals surface area contributed by atoms with E-state index in [1.54, 1.807) is 30.3 Å². The first-order chi connectivity index (χ1) is 11.9. The average molecular weight is 410 g/mol. The molecule has 0 aromatic heterocycles. The summed E-state index contributed by atoms with van der Waals surface area (Å²) < 4.78 is 19.4. The number of nitrogens with zero attached hydrogens (tertiary/aromatic N) is 1. The number of carboxylic acid groups (broad SMARTS) is 1. The van der Waals surface area contributed by atoms with Crippen molar-refractivity contribution in [3.8, 4) is 5.75 Å². The molecule has 2 rings (SSSR count). The molecule has 0 saturated heterocycles. The van der Waals surface area contributed by atoms with Gasteiger partial charge in [-0.25, -0.2) is 4.39 Å². The van der Waals surface area contributed by atoms with Gasteiger partial charge in [-0.3, -0.25) is 14.5 Å². The van der Waals surface area contributed by atoms with Gasteiger partial charge in [0.05, 0.1) is 5.69 Å². The van der Waals surface area contributed by atoms with Crippen LogP contribution in [0.3, 0.4) is 0 Å². The Bertz CT molecular complexity index is 754. The number of carboxylic acids is 1. The second-order valence-corrected chi connectivity index (χ2v) is 6.22. The molecule has 0 aliphatic rings. The third-order valence-electron chi connectivity index (χ3n) is 3.35. The summed E-state index contributed by atoms with van der Waals surface area (Å²) in [7, 11) is 0. The fourth-order valence-electron chi connectivity index (χ4n) is 2.16. The maximum Gasteiger partial charge on any atom is 0.323 e. The minimum absolute atomic E-state index is 0.0640. The van der Waals surface area contributed by atoms with E-state index in [4.69, 9.17) is 4.74 Å². The number of amides is 1. The highest BCUT2D eigenvalue weighted by Crippen LogP contribution is 2.32. The largest absolute Gasteiger partial charge is 0.480 e. The Morgan fingerprint density at radius 2 is 1.92 bits per heavy atom. The fraction of sp³-hybridized carbons (Fsp3) is 0.222. The Kier molecular flexibility index (Phi) is 6.52. The lowest BCUT2D eigenvalue weighted by atomic mass is 10.1. The van der Waals surface area contributed by atoms with Gasteiger partial charge in [-0.15, -0.1) is 0 Å². The van der Waals surface area contributed by atoms with E-state index < -0.39 is 24.2 Å². The molecule has 2 aromatic rings. The third-order valence-corrected chi connectivity index (χ3v) is 4.18. The second kappa shape index (κ2) is 8.62. The van der Waals surface area contributed by atoms with Crippen LogP contribution in [0.4, 0.5) is 10.1 Å². The monoisotopic (exact) mass is 409 g/mol. The van der Waals surface area contributed by atoms with Crippen LogP contribution < -0.4 is 9.64 Å². The molecular weight excluding hydrogens is 393 g/mol. The topological polar surface area (TPSA) is 66.8 Å². The Morgan fingerprint density at radius 1 is 1.24 bits per heavy atom. The van der Waals surface area contributed by atoms with E-state index in [1.807, 2.05) is 6.92 Å². The Balaban J connectivity index is 2.48. The van der Waals surface area contributed by atoms with Crippen molar-refractivity contribution < 1.29 is 23.8 Å². The molecule has 1 amide bonds. The first kappa shape index (κ1) is 18.9. The van der Waals surface area contributed by atoms with Crippen LogP contribution in [0.2, 0.25) is 0 Å². The normalized spacial score (nSPS) is 11.6. The molecule has 0 aliphatic heterocycles. The third kappa shape index (κ3) is 5.03. The fourth-order valence-corrected chi connectivity index (χ4v) is 2.36. The van der Waals surface area contributed by atoms with Gasteiger partial charge in [0.2, 0.25) is 0 Å². The van der Waals surface area contributed by atoms with Crippen molar-refractivity contribution >= 4 is 33.5 Å². The molecule has 0 spiro atoms. The molecule has 0 aliphatic carbocycles. The molecule has 5 nitrogen and oxygen atoms in total. The average Bonchev–Trinajstić information content (AvgIpc) is 2.61. The molecule has 7 heteroatoms. The Hall–Kier alpha value is -2.41. The van der Waals surface area contributed by atoms with E-state index in [-0.39, 0.29) is 16.5 Å². The van der Waals surface area contributed by atoms with Gasteiger partial charge in [-0.1, -0.05) is 25.1 Å². The summed E-state index contributed by atoms with van der Waals surface area (Å²) in [5, 5.41) is 8.84. The maximum absolute atomic E-state index is 13.8. The molecule has 0 unspecified atom stereocenters. The zero-order valence-electron chi connectivity index (χ0n) is 13.5. The number of hydrogen-bond donors (Lipinski definition) is 1. The van der Waals surface area contributed by atoms with Gasteiger partial charge in [0.25, 0.3) is 5.91 Å². The minimum atomic E-state index is -1.22. The van der Waals surface area contributed by atoms with Crippen molar-refractivity contribution in [3.05, 3.63) is 59.9 Å². The SMILES string of the molecule is CC[C@@H](Br)Oc1ccc(F)cc1N(CC(=O)O)C(=O)c1ccccc1. The summed E-state index contributed by atoms with van der Waals surface area (Å²) in [5.41, 5.74) is 0.360. The second-order valence-electron chi connectivity index (χ2n) is 5.20. The summed E-state index contributed by atoms with van der Waals surface area (Å²) in [6, 6.07) is 11.9. The standard InChI is InChI=1S/C18H17BrFNO4/c1-2-16(19)25-15-9-8-13(20)10-14(15)21(11-17(22)23)18(24)12-6-4-3-5-7-12/h3-10,16H,2,11H2,1H3,(H,22,23)/t16-/m0/s1. The predicted octanol–water partition coefficient (Wildman–Crippen LogP) is 4.07. The van der Waals surface area contributed by atoms with Gasteiger partial charge < -0.3 is 9.84 Å². The van der Waals surface area contributed by atoms with E-state index in [9.17, 15) is 19.1 Å².